The molecule has 4 atom stereocenters. The summed E-state index contributed by atoms with van der Waals surface area (Å²) in [6.07, 6.45) is 1.10. The van der Waals surface area contributed by atoms with E-state index in [-0.39, 0.29) is 11.7 Å². The van der Waals surface area contributed by atoms with Crippen molar-refractivity contribution >= 4 is 22.6 Å². The fourth-order valence-electron chi connectivity index (χ4n) is 1.90. The molecule has 0 radical (unpaired) electrons. The Balaban J connectivity index is 2.14. The summed E-state index contributed by atoms with van der Waals surface area (Å²) in [5.41, 5.74) is 0.0423. The first-order valence-electron chi connectivity index (χ1n) is 3.60. The summed E-state index contributed by atoms with van der Waals surface area (Å²) < 4.78 is 6.46. The Bertz CT molecular complexity index is 162. The van der Waals surface area contributed by atoms with Crippen LogP contribution in [0, 0.1) is 5.92 Å². The van der Waals surface area contributed by atoms with E-state index in [4.69, 9.17) is 4.74 Å². The van der Waals surface area contributed by atoms with Gasteiger partial charge in [0.1, 0.15) is 0 Å². The Hall–Kier alpha value is 0.650. The van der Waals surface area contributed by atoms with Gasteiger partial charge in [0.05, 0.1) is 17.8 Å². The maximum absolute atomic E-state index is 9.47. The van der Waals surface area contributed by atoms with Crippen molar-refractivity contribution in [2.75, 3.05) is 4.43 Å². The molecule has 0 bridgehead atoms. The van der Waals surface area contributed by atoms with Crippen molar-refractivity contribution in [3.63, 3.8) is 0 Å². The fourth-order valence-corrected chi connectivity index (χ4v) is 3.36. The van der Waals surface area contributed by atoms with Gasteiger partial charge in [0.2, 0.25) is 0 Å². The molecule has 0 aromatic heterocycles. The number of aliphatic hydroxyl groups excluding tert-OH is 1. The van der Waals surface area contributed by atoms with Crippen LogP contribution in [0.5, 0.6) is 0 Å². The predicted octanol–water partition coefficient (Wildman–Crippen LogP) is 0.960. The SMILES string of the molecule is CC12O[C@@H]1C[C@H](O)C2CI. The average molecular weight is 254 g/mol. The maximum Gasteiger partial charge on any atom is 0.0981 e. The molecule has 1 aliphatic carbocycles. The van der Waals surface area contributed by atoms with Crippen LogP contribution in [0.4, 0.5) is 0 Å². The Morgan fingerprint density at radius 1 is 1.80 bits per heavy atom. The number of epoxide rings is 1. The number of alkyl halides is 1. The van der Waals surface area contributed by atoms with Gasteiger partial charge in [0.25, 0.3) is 0 Å². The molecule has 3 heteroatoms. The molecule has 2 rings (SSSR count). The number of fused-ring (bicyclic) bond motifs is 1. The normalized spacial score (nSPS) is 58.5. The molecule has 58 valence electrons. The smallest absolute Gasteiger partial charge is 0.0981 e. The van der Waals surface area contributed by atoms with Crippen LogP contribution in [0.25, 0.3) is 0 Å². The second kappa shape index (κ2) is 2.08. The van der Waals surface area contributed by atoms with Crippen molar-refractivity contribution in [1.82, 2.24) is 0 Å². The van der Waals surface area contributed by atoms with Crippen LogP contribution in [-0.2, 0) is 4.74 Å². The first kappa shape index (κ1) is 7.31. The lowest BCUT2D eigenvalue weighted by Crippen LogP contribution is -2.28. The van der Waals surface area contributed by atoms with Gasteiger partial charge in [0, 0.05) is 16.8 Å². The molecule has 2 fully saturated rings. The first-order valence-corrected chi connectivity index (χ1v) is 5.13. The Labute approximate surface area is 74.1 Å². The second-order valence-corrected chi connectivity index (χ2v) is 4.23. The zero-order valence-electron chi connectivity index (χ0n) is 5.88. The van der Waals surface area contributed by atoms with Gasteiger partial charge in [-0.2, -0.15) is 0 Å². The van der Waals surface area contributed by atoms with Crippen molar-refractivity contribution in [2.24, 2.45) is 5.92 Å². The Morgan fingerprint density at radius 2 is 2.50 bits per heavy atom. The lowest BCUT2D eigenvalue weighted by molar-refractivity contribution is 0.0628. The quantitative estimate of drug-likeness (QED) is 0.429. The number of hydrogen-bond acceptors (Lipinski definition) is 2. The van der Waals surface area contributed by atoms with Crippen molar-refractivity contribution in [3.05, 3.63) is 0 Å². The van der Waals surface area contributed by atoms with Crippen LogP contribution in [-0.4, -0.2) is 27.3 Å². The standard InChI is InChI=1S/C7H11IO2/c1-7-4(3-8)5(9)2-6(7)10-7/h4-6,9H,2-3H2,1H3/t4?,5-,6+,7?/m0/s1. The maximum atomic E-state index is 9.47. The van der Waals surface area contributed by atoms with Gasteiger partial charge in [-0.15, -0.1) is 0 Å². The molecule has 1 heterocycles. The summed E-state index contributed by atoms with van der Waals surface area (Å²) in [6, 6.07) is 0. The third-order valence-corrected chi connectivity index (χ3v) is 3.75. The van der Waals surface area contributed by atoms with Gasteiger partial charge in [-0.1, -0.05) is 22.6 Å². The number of hydrogen-bond donors (Lipinski definition) is 1. The molecule has 1 saturated carbocycles. The van der Waals surface area contributed by atoms with Gasteiger partial charge in [-0.25, -0.2) is 0 Å². The van der Waals surface area contributed by atoms with E-state index in [1.165, 1.54) is 0 Å². The van der Waals surface area contributed by atoms with Gasteiger partial charge < -0.3 is 9.84 Å². The van der Waals surface area contributed by atoms with Crippen molar-refractivity contribution in [1.29, 1.82) is 0 Å². The summed E-state index contributed by atoms with van der Waals surface area (Å²) in [7, 11) is 0. The second-order valence-electron chi connectivity index (χ2n) is 3.35. The Kier molecular flexibility index (Phi) is 1.52. The van der Waals surface area contributed by atoms with Crippen molar-refractivity contribution in [2.45, 2.75) is 31.2 Å². The fraction of sp³-hybridized carbons (Fsp3) is 1.00. The third kappa shape index (κ3) is 0.769. The summed E-state index contributed by atoms with van der Waals surface area (Å²) in [5, 5.41) is 9.47. The highest BCUT2D eigenvalue weighted by Crippen LogP contribution is 2.53. The Morgan fingerprint density at radius 3 is 2.80 bits per heavy atom. The predicted molar refractivity (Wildman–Crippen MR) is 46.3 cm³/mol. The number of rotatable bonds is 1. The lowest BCUT2D eigenvalue weighted by atomic mass is 9.98. The molecule has 0 aromatic rings. The highest BCUT2D eigenvalue weighted by atomic mass is 127. The van der Waals surface area contributed by atoms with E-state index in [0.717, 1.165) is 10.8 Å². The molecule has 0 aromatic carbocycles. The monoisotopic (exact) mass is 254 g/mol. The minimum atomic E-state index is -0.111. The number of halogens is 1. The molecule has 0 amide bonds. The van der Waals surface area contributed by atoms with E-state index < -0.39 is 0 Å². The molecular formula is C7H11IO2. The highest BCUT2D eigenvalue weighted by Gasteiger charge is 2.64. The summed E-state index contributed by atoms with van der Waals surface area (Å²) in [5.74, 6) is 0.373. The number of aliphatic hydroxyl groups is 1. The minimum absolute atomic E-state index is 0.0423. The number of ether oxygens (including phenoxy) is 1. The summed E-state index contributed by atoms with van der Waals surface area (Å²) >= 11 is 2.32. The van der Waals surface area contributed by atoms with E-state index in [2.05, 4.69) is 29.5 Å². The van der Waals surface area contributed by atoms with Gasteiger partial charge in [-0.05, 0) is 6.92 Å². The van der Waals surface area contributed by atoms with E-state index >= 15 is 0 Å². The van der Waals surface area contributed by atoms with Crippen LogP contribution >= 0.6 is 22.6 Å². The van der Waals surface area contributed by atoms with Crippen LogP contribution in [0.3, 0.4) is 0 Å². The lowest BCUT2D eigenvalue weighted by Gasteiger charge is -2.18. The van der Waals surface area contributed by atoms with Crippen molar-refractivity contribution in [3.8, 4) is 0 Å². The largest absolute Gasteiger partial charge is 0.393 e. The summed E-state index contributed by atoms with van der Waals surface area (Å²) in [6.45, 7) is 2.11. The highest BCUT2D eigenvalue weighted by molar-refractivity contribution is 14.1. The van der Waals surface area contributed by atoms with E-state index in [1.807, 2.05) is 0 Å². The zero-order chi connectivity index (χ0) is 7.35. The van der Waals surface area contributed by atoms with Crippen LogP contribution in [0.15, 0.2) is 0 Å². The average Bonchev–Trinajstić information content (AvgIpc) is 2.38. The topological polar surface area (TPSA) is 32.8 Å². The van der Waals surface area contributed by atoms with E-state index in [1.54, 1.807) is 0 Å². The molecule has 1 saturated heterocycles. The zero-order valence-corrected chi connectivity index (χ0v) is 8.04. The summed E-state index contributed by atoms with van der Waals surface area (Å²) in [4.78, 5) is 0. The van der Waals surface area contributed by atoms with Gasteiger partial charge in [0.15, 0.2) is 0 Å². The van der Waals surface area contributed by atoms with E-state index in [0.29, 0.717) is 12.0 Å². The third-order valence-electron chi connectivity index (χ3n) is 2.80. The molecule has 2 unspecified atom stereocenters. The van der Waals surface area contributed by atoms with E-state index in [9.17, 15) is 5.11 Å². The minimum Gasteiger partial charge on any atom is -0.393 e. The van der Waals surface area contributed by atoms with Gasteiger partial charge >= 0.3 is 0 Å². The first-order chi connectivity index (χ1) is 4.68. The molecule has 2 nitrogen and oxygen atoms in total. The molecule has 10 heavy (non-hydrogen) atoms. The molecule has 1 N–H and O–H groups in total. The molecule has 1 aliphatic heterocycles. The van der Waals surface area contributed by atoms with Crippen LogP contribution < -0.4 is 0 Å². The molecule has 0 spiro atoms. The van der Waals surface area contributed by atoms with Gasteiger partial charge in [-0.3, -0.25) is 0 Å². The molecule has 2 aliphatic rings. The van der Waals surface area contributed by atoms with Crippen LogP contribution in [0.2, 0.25) is 0 Å². The van der Waals surface area contributed by atoms with Crippen molar-refractivity contribution < 1.29 is 9.84 Å². The molecular weight excluding hydrogens is 243 g/mol. The van der Waals surface area contributed by atoms with Crippen LogP contribution in [0.1, 0.15) is 13.3 Å².